The van der Waals surface area contributed by atoms with Gasteiger partial charge in [0, 0.05) is 30.9 Å². The minimum absolute atomic E-state index is 0.0172. The summed E-state index contributed by atoms with van der Waals surface area (Å²) >= 11 is 0. The summed E-state index contributed by atoms with van der Waals surface area (Å²) in [7, 11) is 1.49. The van der Waals surface area contributed by atoms with Crippen LogP contribution < -0.4 is 10.6 Å². The van der Waals surface area contributed by atoms with E-state index in [1.165, 1.54) is 7.11 Å². The summed E-state index contributed by atoms with van der Waals surface area (Å²) in [5.74, 6) is -0.184. The van der Waals surface area contributed by atoms with Crippen LogP contribution in [-0.4, -0.2) is 29.6 Å². The van der Waals surface area contributed by atoms with Crippen molar-refractivity contribution in [1.29, 1.82) is 0 Å². The van der Waals surface area contributed by atoms with Gasteiger partial charge in [0.2, 0.25) is 5.91 Å². The number of nitrogens with zero attached hydrogens (tertiary/aromatic N) is 2. The van der Waals surface area contributed by atoms with Crippen molar-refractivity contribution < 1.29 is 9.53 Å². The lowest BCUT2D eigenvalue weighted by molar-refractivity contribution is -0.119. The second kappa shape index (κ2) is 7.35. The number of carbonyl (C=O) groups is 1. The van der Waals surface area contributed by atoms with Gasteiger partial charge in [0.15, 0.2) is 0 Å². The fraction of sp³-hybridized carbons (Fsp3) is 0.267. The number of benzene rings is 1. The molecule has 1 aromatic heterocycles. The average Bonchev–Trinajstić information content (AvgIpc) is 2.48. The van der Waals surface area contributed by atoms with Gasteiger partial charge in [-0.3, -0.25) is 14.8 Å². The zero-order valence-corrected chi connectivity index (χ0v) is 12.0. The van der Waals surface area contributed by atoms with E-state index in [0.717, 1.165) is 11.4 Å². The number of ether oxygens (including phenoxy) is 1. The molecule has 1 aromatic carbocycles. The maximum atomic E-state index is 11.5. The van der Waals surface area contributed by atoms with Gasteiger partial charge in [-0.2, -0.15) is 0 Å². The van der Waals surface area contributed by atoms with Gasteiger partial charge in [-0.15, -0.1) is 0 Å². The molecule has 0 radical (unpaired) electrons. The monoisotopic (exact) mass is 286 g/mol. The largest absolute Gasteiger partial charge is 0.377 e. The van der Waals surface area contributed by atoms with Crippen molar-refractivity contribution in [1.82, 2.24) is 9.97 Å². The Morgan fingerprint density at radius 3 is 2.86 bits per heavy atom. The lowest BCUT2D eigenvalue weighted by atomic mass is 10.2. The van der Waals surface area contributed by atoms with Crippen LogP contribution in [0.5, 0.6) is 0 Å². The molecule has 110 valence electrons. The molecular weight excluding hydrogens is 268 g/mol. The lowest BCUT2D eigenvalue weighted by Gasteiger charge is -2.15. The Morgan fingerprint density at radius 2 is 2.14 bits per heavy atom. The third-order valence-electron chi connectivity index (χ3n) is 2.83. The molecule has 1 amide bonds. The minimum atomic E-state index is -0.184. The van der Waals surface area contributed by atoms with Gasteiger partial charge >= 0.3 is 0 Å². The van der Waals surface area contributed by atoms with E-state index in [1.807, 2.05) is 31.2 Å². The molecule has 0 aliphatic rings. The van der Waals surface area contributed by atoms with Crippen molar-refractivity contribution in [3.05, 3.63) is 48.5 Å². The van der Waals surface area contributed by atoms with Crippen molar-refractivity contribution in [3.63, 3.8) is 0 Å². The number of rotatable bonds is 6. The van der Waals surface area contributed by atoms with Crippen molar-refractivity contribution >= 4 is 17.3 Å². The first-order valence-corrected chi connectivity index (χ1v) is 6.60. The molecule has 1 atom stereocenters. The summed E-state index contributed by atoms with van der Waals surface area (Å²) in [6.45, 7) is 2.04. The molecule has 0 saturated carbocycles. The van der Waals surface area contributed by atoms with E-state index in [0.29, 0.717) is 5.69 Å². The van der Waals surface area contributed by atoms with Crippen LogP contribution in [0.25, 0.3) is 0 Å². The van der Waals surface area contributed by atoms with Gasteiger partial charge in [0.25, 0.3) is 0 Å². The van der Waals surface area contributed by atoms with Crippen molar-refractivity contribution in [2.24, 2.45) is 0 Å². The van der Waals surface area contributed by atoms with E-state index in [2.05, 4.69) is 20.6 Å². The van der Waals surface area contributed by atoms with Crippen LogP contribution in [0.15, 0.2) is 42.9 Å². The molecule has 0 aliphatic heterocycles. The van der Waals surface area contributed by atoms with Crippen LogP contribution >= 0.6 is 0 Å². The zero-order valence-electron chi connectivity index (χ0n) is 12.0. The van der Waals surface area contributed by atoms with E-state index in [-0.39, 0.29) is 18.6 Å². The molecular formula is C15H18N4O2. The molecule has 0 spiro atoms. The molecule has 2 N–H and O–H groups in total. The van der Waals surface area contributed by atoms with Gasteiger partial charge in [-0.25, -0.2) is 0 Å². The predicted molar refractivity (Wildman–Crippen MR) is 81.0 cm³/mol. The Bertz CT molecular complexity index is 589. The average molecular weight is 286 g/mol. The Labute approximate surface area is 123 Å². The quantitative estimate of drug-likeness (QED) is 0.851. The van der Waals surface area contributed by atoms with Crippen LogP contribution in [0.2, 0.25) is 0 Å². The lowest BCUT2D eigenvalue weighted by Crippen LogP contribution is -2.17. The van der Waals surface area contributed by atoms with Crippen molar-refractivity contribution in [3.8, 4) is 0 Å². The normalized spacial score (nSPS) is 11.7. The van der Waals surface area contributed by atoms with Gasteiger partial charge in [-0.05, 0) is 25.1 Å². The first-order chi connectivity index (χ1) is 10.2. The van der Waals surface area contributed by atoms with Gasteiger partial charge in [0.1, 0.15) is 6.61 Å². The highest BCUT2D eigenvalue weighted by molar-refractivity contribution is 5.92. The molecule has 0 aliphatic carbocycles. The molecule has 2 aromatic rings. The number of aromatic nitrogens is 2. The Hall–Kier alpha value is -2.47. The fourth-order valence-electron chi connectivity index (χ4n) is 1.87. The van der Waals surface area contributed by atoms with Crippen molar-refractivity contribution in [2.75, 3.05) is 24.4 Å². The Kier molecular flexibility index (Phi) is 5.22. The van der Waals surface area contributed by atoms with E-state index in [9.17, 15) is 4.79 Å². The fourth-order valence-corrected chi connectivity index (χ4v) is 1.87. The first-order valence-electron chi connectivity index (χ1n) is 6.60. The summed E-state index contributed by atoms with van der Waals surface area (Å²) < 4.78 is 4.79. The highest BCUT2D eigenvalue weighted by Crippen LogP contribution is 2.20. The van der Waals surface area contributed by atoms with Crippen LogP contribution in [0.4, 0.5) is 11.4 Å². The van der Waals surface area contributed by atoms with Crippen LogP contribution in [0.1, 0.15) is 18.7 Å². The number of amides is 1. The Balaban J connectivity index is 2.02. The van der Waals surface area contributed by atoms with E-state index in [4.69, 9.17) is 4.74 Å². The van der Waals surface area contributed by atoms with Crippen LogP contribution in [0, 0.1) is 0 Å². The second-order valence-electron chi connectivity index (χ2n) is 4.56. The van der Waals surface area contributed by atoms with E-state index >= 15 is 0 Å². The standard InChI is InChI=1S/C15H18N4O2/c1-11(14-9-16-6-7-17-14)18-12-4-3-5-13(8-12)19-15(20)10-21-2/h3-9,11,18H,10H2,1-2H3,(H,19,20). The van der Waals surface area contributed by atoms with E-state index < -0.39 is 0 Å². The minimum Gasteiger partial charge on any atom is -0.377 e. The van der Waals surface area contributed by atoms with Gasteiger partial charge < -0.3 is 15.4 Å². The van der Waals surface area contributed by atoms with Crippen LogP contribution in [-0.2, 0) is 9.53 Å². The van der Waals surface area contributed by atoms with E-state index in [1.54, 1.807) is 18.6 Å². The zero-order chi connectivity index (χ0) is 15.1. The maximum absolute atomic E-state index is 11.5. The highest BCUT2D eigenvalue weighted by atomic mass is 16.5. The first kappa shape index (κ1) is 14.9. The molecule has 0 bridgehead atoms. The smallest absolute Gasteiger partial charge is 0.250 e. The number of methoxy groups -OCH3 is 1. The molecule has 6 nitrogen and oxygen atoms in total. The molecule has 6 heteroatoms. The number of carbonyl (C=O) groups excluding carboxylic acids is 1. The second-order valence-corrected chi connectivity index (χ2v) is 4.56. The molecule has 0 fully saturated rings. The summed E-state index contributed by atoms with van der Waals surface area (Å²) in [6, 6.07) is 7.50. The SMILES string of the molecule is COCC(=O)Nc1cccc(NC(C)c2cnccn2)c1. The topological polar surface area (TPSA) is 76.1 Å². The summed E-state index contributed by atoms with van der Waals surface area (Å²) in [5.41, 5.74) is 2.46. The summed E-state index contributed by atoms with van der Waals surface area (Å²) in [5, 5.41) is 6.08. The number of hydrogen-bond donors (Lipinski definition) is 2. The number of anilines is 2. The van der Waals surface area contributed by atoms with Gasteiger partial charge in [0.05, 0.1) is 17.9 Å². The molecule has 21 heavy (non-hydrogen) atoms. The summed E-state index contributed by atoms with van der Waals surface area (Å²) in [6.07, 6.45) is 5.03. The van der Waals surface area contributed by atoms with Crippen molar-refractivity contribution in [2.45, 2.75) is 13.0 Å². The molecule has 0 saturated heterocycles. The maximum Gasteiger partial charge on any atom is 0.250 e. The summed E-state index contributed by atoms with van der Waals surface area (Å²) in [4.78, 5) is 19.8. The molecule has 1 unspecified atom stereocenters. The Morgan fingerprint density at radius 1 is 1.33 bits per heavy atom. The third-order valence-corrected chi connectivity index (χ3v) is 2.83. The predicted octanol–water partition coefficient (Wildman–Crippen LogP) is 2.23. The number of nitrogens with one attached hydrogen (secondary N) is 2. The number of hydrogen-bond acceptors (Lipinski definition) is 5. The van der Waals surface area contributed by atoms with Gasteiger partial charge in [-0.1, -0.05) is 6.07 Å². The molecule has 1 heterocycles. The molecule has 2 rings (SSSR count). The highest BCUT2D eigenvalue weighted by Gasteiger charge is 2.07. The van der Waals surface area contributed by atoms with Crippen LogP contribution in [0.3, 0.4) is 0 Å². The third kappa shape index (κ3) is 4.54.